The van der Waals surface area contributed by atoms with E-state index in [4.69, 9.17) is 9.15 Å². The molecular weight excluding hydrogens is 418 g/mol. The maximum atomic E-state index is 12.5. The third kappa shape index (κ3) is 4.86. The molecule has 0 aliphatic heterocycles. The van der Waals surface area contributed by atoms with Crippen molar-refractivity contribution in [3.63, 3.8) is 0 Å². The highest BCUT2D eigenvalue weighted by Gasteiger charge is 2.12. The van der Waals surface area contributed by atoms with Gasteiger partial charge in [0.1, 0.15) is 23.2 Å². The maximum Gasteiger partial charge on any atom is 0.337 e. The number of carbonyl (C=O) groups excluding carboxylic acids is 2. The van der Waals surface area contributed by atoms with Gasteiger partial charge in [-0.05, 0) is 42.3 Å². The van der Waals surface area contributed by atoms with Crippen LogP contribution in [-0.2, 0) is 16.0 Å². The number of aromatic amines is 1. The van der Waals surface area contributed by atoms with Crippen LogP contribution in [0.15, 0.2) is 76.9 Å². The van der Waals surface area contributed by atoms with Crippen molar-refractivity contribution in [1.82, 2.24) is 10.3 Å². The summed E-state index contributed by atoms with van der Waals surface area (Å²) in [5.74, 6) is 0.0526. The number of para-hydroxylation sites is 1. The van der Waals surface area contributed by atoms with Gasteiger partial charge in [-0.3, -0.25) is 4.79 Å². The van der Waals surface area contributed by atoms with Crippen molar-refractivity contribution in [2.45, 2.75) is 6.42 Å². The molecule has 7 heteroatoms. The molecule has 0 fully saturated rings. The summed E-state index contributed by atoms with van der Waals surface area (Å²) in [4.78, 5) is 27.3. The van der Waals surface area contributed by atoms with Crippen molar-refractivity contribution < 1.29 is 18.7 Å². The summed E-state index contributed by atoms with van der Waals surface area (Å²) in [7, 11) is 1.33. The number of amides is 1. The second-order valence-corrected chi connectivity index (χ2v) is 7.31. The topological polar surface area (TPSA) is 108 Å². The Bertz CT molecular complexity index is 1370. The van der Waals surface area contributed by atoms with E-state index in [2.05, 4.69) is 10.3 Å². The maximum absolute atomic E-state index is 12.5. The Kier molecular flexibility index (Phi) is 6.37. The second-order valence-electron chi connectivity index (χ2n) is 7.31. The molecule has 0 saturated heterocycles. The van der Waals surface area contributed by atoms with Crippen LogP contribution in [0.2, 0.25) is 0 Å². The molecule has 2 aromatic carbocycles. The number of nitrogens with one attached hydrogen (secondary N) is 2. The number of carbonyl (C=O) groups is 2. The van der Waals surface area contributed by atoms with Crippen LogP contribution in [0.25, 0.3) is 28.3 Å². The minimum absolute atomic E-state index is 0.0455. The first-order valence-corrected chi connectivity index (χ1v) is 10.3. The van der Waals surface area contributed by atoms with E-state index in [1.165, 1.54) is 13.2 Å². The number of H-pyrrole nitrogens is 1. The van der Waals surface area contributed by atoms with Crippen molar-refractivity contribution in [3.05, 3.63) is 89.3 Å². The van der Waals surface area contributed by atoms with Crippen LogP contribution >= 0.6 is 0 Å². The van der Waals surface area contributed by atoms with Crippen molar-refractivity contribution in [2.24, 2.45) is 0 Å². The van der Waals surface area contributed by atoms with Crippen molar-refractivity contribution >= 4 is 28.9 Å². The van der Waals surface area contributed by atoms with E-state index in [1.54, 1.807) is 36.4 Å². The molecule has 2 heterocycles. The first-order chi connectivity index (χ1) is 16.1. The fraction of sp³-hybridized carbons (Fsp3) is 0.115. The number of aromatic nitrogens is 1. The number of esters is 1. The molecule has 4 aromatic rings. The molecule has 0 spiro atoms. The fourth-order valence-electron chi connectivity index (χ4n) is 3.51. The molecule has 0 bridgehead atoms. The molecule has 2 N–H and O–H groups in total. The number of fused-ring (bicyclic) bond motifs is 1. The first kappa shape index (κ1) is 21.7. The molecular formula is C26H21N3O4. The second kappa shape index (κ2) is 9.71. The van der Waals surface area contributed by atoms with Gasteiger partial charge in [0.2, 0.25) is 0 Å². The third-order valence-corrected chi connectivity index (χ3v) is 5.22. The Labute approximate surface area is 190 Å². The van der Waals surface area contributed by atoms with Gasteiger partial charge in [0.05, 0.1) is 12.7 Å². The molecule has 0 radical (unpaired) electrons. The summed E-state index contributed by atoms with van der Waals surface area (Å²) >= 11 is 0. The monoisotopic (exact) mass is 439 g/mol. The van der Waals surface area contributed by atoms with Crippen LogP contribution in [0.4, 0.5) is 0 Å². The summed E-state index contributed by atoms with van der Waals surface area (Å²) in [6.45, 7) is 0.398. The van der Waals surface area contributed by atoms with Gasteiger partial charge in [-0.25, -0.2) is 4.79 Å². The Morgan fingerprint density at radius 1 is 1.12 bits per heavy atom. The Morgan fingerprint density at radius 3 is 2.67 bits per heavy atom. The summed E-state index contributed by atoms with van der Waals surface area (Å²) in [5, 5.41) is 13.3. The lowest BCUT2D eigenvalue weighted by molar-refractivity contribution is -0.117. The zero-order valence-electron chi connectivity index (χ0n) is 17.9. The van der Waals surface area contributed by atoms with Gasteiger partial charge in [-0.2, -0.15) is 5.26 Å². The van der Waals surface area contributed by atoms with E-state index in [0.717, 1.165) is 22.0 Å². The zero-order chi connectivity index (χ0) is 23.2. The van der Waals surface area contributed by atoms with E-state index in [0.29, 0.717) is 30.0 Å². The van der Waals surface area contributed by atoms with Crippen LogP contribution < -0.4 is 5.32 Å². The van der Waals surface area contributed by atoms with Crippen LogP contribution in [0.3, 0.4) is 0 Å². The molecule has 1 amide bonds. The smallest absolute Gasteiger partial charge is 0.337 e. The molecule has 0 atom stereocenters. The molecule has 0 saturated carbocycles. The molecule has 0 aliphatic carbocycles. The number of benzene rings is 2. The van der Waals surface area contributed by atoms with Crippen molar-refractivity contribution in [2.75, 3.05) is 13.7 Å². The lowest BCUT2D eigenvalue weighted by Gasteiger charge is -2.04. The molecule has 164 valence electrons. The summed E-state index contributed by atoms with van der Waals surface area (Å²) in [6, 6.07) is 20.1. The minimum Gasteiger partial charge on any atom is -0.465 e. The van der Waals surface area contributed by atoms with E-state index in [9.17, 15) is 14.9 Å². The van der Waals surface area contributed by atoms with E-state index < -0.39 is 11.9 Å². The SMILES string of the molecule is COC(=O)c1ccc(-c2ccc(/C=C(/C#N)C(=O)NCCc3c[nH]c4ccccc34)o2)cc1. The lowest BCUT2D eigenvalue weighted by atomic mass is 10.1. The predicted octanol–water partition coefficient (Wildman–Crippen LogP) is 4.48. The molecule has 4 rings (SSSR count). The largest absolute Gasteiger partial charge is 0.465 e. The van der Waals surface area contributed by atoms with Gasteiger partial charge < -0.3 is 19.5 Å². The van der Waals surface area contributed by atoms with Gasteiger partial charge >= 0.3 is 5.97 Å². The Hall–Kier alpha value is -4.57. The lowest BCUT2D eigenvalue weighted by Crippen LogP contribution is -2.26. The number of ether oxygens (including phenoxy) is 1. The number of hydrogen-bond donors (Lipinski definition) is 2. The number of furan rings is 1. The molecule has 7 nitrogen and oxygen atoms in total. The first-order valence-electron chi connectivity index (χ1n) is 10.3. The van der Waals surface area contributed by atoms with Gasteiger partial charge in [0.25, 0.3) is 5.91 Å². The summed E-state index contributed by atoms with van der Waals surface area (Å²) in [5.41, 5.74) is 3.29. The Morgan fingerprint density at radius 2 is 1.91 bits per heavy atom. The molecule has 0 unspecified atom stereocenters. The fourth-order valence-corrected chi connectivity index (χ4v) is 3.51. The number of rotatable bonds is 7. The highest BCUT2D eigenvalue weighted by molar-refractivity contribution is 6.01. The summed E-state index contributed by atoms with van der Waals surface area (Å²) in [6.07, 6.45) is 3.98. The predicted molar refractivity (Wildman–Crippen MR) is 124 cm³/mol. The number of methoxy groups -OCH3 is 1. The van der Waals surface area contributed by atoms with E-state index in [1.807, 2.05) is 36.5 Å². The van der Waals surface area contributed by atoms with Crippen LogP contribution in [0, 0.1) is 11.3 Å². The van der Waals surface area contributed by atoms with Gasteiger partial charge in [0.15, 0.2) is 0 Å². The van der Waals surface area contributed by atoms with Crippen LogP contribution in [0.1, 0.15) is 21.7 Å². The normalized spacial score (nSPS) is 11.2. The van der Waals surface area contributed by atoms with E-state index >= 15 is 0 Å². The van der Waals surface area contributed by atoms with E-state index in [-0.39, 0.29) is 5.57 Å². The van der Waals surface area contributed by atoms with Crippen molar-refractivity contribution in [1.29, 1.82) is 5.26 Å². The molecule has 33 heavy (non-hydrogen) atoms. The average Bonchev–Trinajstić information content (AvgIpc) is 3.49. The van der Waals surface area contributed by atoms with Crippen molar-refractivity contribution in [3.8, 4) is 17.4 Å². The quantitative estimate of drug-likeness (QED) is 0.251. The molecule has 0 aliphatic rings. The van der Waals surface area contributed by atoms with Gasteiger partial charge in [-0.1, -0.05) is 30.3 Å². The zero-order valence-corrected chi connectivity index (χ0v) is 17.9. The number of nitriles is 1. The minimum atomic E-state index is -0.460. The highest BCUT2D eigenvalue weighted by Crippen LogP contribution is 2.24. The Balaban J connectivity index is 1.40. The standard InChI is InChI=1S/C26H21N3O4/c1-32-26(31)18-8-6-17(7-9-18)24-11-10-21(33-24)14-20(15-27)25(30)28-13-12-19-16-29-23-5-3-2-4-22(19)23/h2-11,14,16,29H,12-13H2,1H3,(H,28,30)/b20-14-. The van der Waals surface area contributed by atoms with Gasteiger partial charge in [0, 0.05) is 35.3 Å². The summed E-state index contributed by atoms with van der Waals surface area (Å²) < 4.78 is 10.5. The van der Waals surface area contributed by atoms with Gasteiger partial charge in [-0.15, -0.1) is 0 Å². The van der Waals surface area contributed by atoms with Crippen LogP contribution in [0.5, 0.6) is 0 Å². The average molecular weight is 439 g/mol. The van der Waals surface area contributed by atoms with Crippen LogP contribution in [-0.4, -0.2) is 30.5 Å². The number of hydrogen-bond acceptors (Lipinski definition) is 5. The number of nitrogens with zero attached hydrogens (tertiary/aromatic N) is 1. The third-order valence-electron chi connectivity index (χ3n) is 5.22. The highest BCUT2D eigenvalue weighted by atomic mass is 16.5. The molecule has 2 aromatic heterocycles.